The van der Waals surface area contributed by atoms with Gasteiger partial charge in [-0.15, -0.1) is 0 Å². The molecule has 4 nitrogen and oxygen atoms in total. The molecule has 2 aromatic rings. The summed E-state index contributed by atoms with van der Waals surface area (Å²) in [5, 5.41) is 5.77. The molecule has 175 valence electrons. The van der Waals surface area contributed by atoms with Crippen LogP contribution < -0.4 is 10.6 Å². The van der Waals surface area contributed by atoms with Gasteiger partial charge in [-0.2, -0.15) is 0 Å². The Morgan fingerprint density at radius 3 is 1.85 bits per heavy atom. The van der Waals surface area contributed by atoms with Crippen LogP contribution in [0.15, 0.2) is 30.3 Å². The van der Waals surface area contributed by atoms with Gasteiger partial charge in [-0.1, -0.05) is 18.2 Å². The number of para-hydroxylation sites is 1. The molecule has 2 amide bonds. The first-order valence-electron chi connectivity index (χ1n) is 11.4. The molecule has 3 rings (SSSR count). The van der Waals surface area contributed by atoms with E-state index in [1.807, 2.05) is 45.9 Å². The number of hydrogen-bond donors (Lipinski definition) is 2. The second-order valence-corrected chi connectivity index (χ2v) is 13.9. The van der Waals surface area contributed by atoms with Crippen LogP contribution in [0.5, 0.6) is 0 Å². The van der Waals surface area contributed by atoms with E-state index in [4.69, 9.17) is 0 Å². The van der Waals surface area contributed by atoms with Gasteiger partial charge < -0.3 is 10.6 Å². The van der Waals surface area contributed by atoms with Crippen molar-refractivity contribution in [1.29, 1.82) is 0 Å². The second kappa shape index (κ2) is 11.1. The molecule has 0 bridgehead atoms. The number of benzene rings is 2. The quantitative estimate of drug-likeness (QED) is 0.386. The molecule has 1 aliphatic carbocycles. The third-order valence-corrected chi connectivity index (χ3v) is 13.0. The van der Waals surface area contributed by atoms with Gasteiger partial charge >= 0.3 is 0 Å². The van der Waals surface area contributed by atoms with Crippen LogP contribution in [0.25, 0.3) is 0 Å². The van der Waals surface area contributed by atoms with Gasteiger partial charge in [0.1, 0.15) is 12.0 Å². The molecule has 0 aliphatic heterocycles. The van der Waals surface area contributed by atoms with Crippen molar-refractivity contribution in [3.8, 4) is 0 Å². The van der Waals surface area contributed by atoms with Crippen molar-refractivity contribution in [1.82, 2.24) is 0 Å². The maximum atomic E-state index is 13.7. The minimum Gasteiger partial charge on any atom is -0.322 e. The number of halogens is 1. The number of aryl methyl sites for hydroxylation is 4. The van der Waals surface area contributed by atoms with Crippen molar-refractivity contribution < 1.29 is 46.7 Å². The zero-order valence-electron chi connectivity index (χ0n) is 20.6. The van der Waals surface area contributed by atoms with Gasteiger partial charge in [-0.25, -0.2) is 4.39 Å². The van der Waals surface area contributed by atoms with Crippen LogP contribution in [0.2, 0.25) is 0 Å². The Bertz CT molecular complexity index is 1010. The summed E-state index contributed by atoms with van der Waals surface area (Å²) in [7, 11) is -1.90. The van der Waals surface area contributed by atoms with E-state index in [9.17, 15) is 14.0 Å². The van der Waals surface area contributed by atoms with E-state index in [-0.39, 0.29) is 50.3 Å². The number of carbonyl (C=O) groups excluding carboxylic acids is 2. The predicted octanol–water partition coefficient (Wildman–Crippen LogP) is 6.22. The van der Waals surface area contributed by atoms with Gasteiger partial charge in [0, 0.05) is 64.2 Å². The molecule has 0 spiro atoms. The normalized spacial score (nSPS) is 14.3. The molecule has 1 aliphatic rings. The molecule has 1 radical (unpaired) electrons. The molecule has 2 aromatic carbocycles. The van der Waals surface area contributed by atoms with Crippen LogP contribution in [0, 0.1) is 33.5 Å². The molecule has 33 heavy (non-hydrogen) atoms. The number of amides is 2. The van der Waals surface area contributed by atoms with Crippen molar-refractivity contribution in [2.75, 3.05) is 29.1 Å². The van der Waals surface area contributed by atoms with Crippen LogP contribution in [-0.2, 0) is 42.3 Å². The standard InChI is InChI=1S/C26H34FN2O2P.Y/c1-7-32(8-2,16-22(30)28-23-17(3)10-9-11-18(23)4)26(12-13-26)25(31)29-24-19(5)14-21(27)15-20(24)6;/h9-11,14-15H,7-8,12-13,16H2,1-6H3,(H-,28,29,30,31);/p+1. The van der Waals surface area contributed by atoms with Crippen molar-refractivity contribution in [3.63, 3.8) is 0 Å². The third-order valence-electron chi connectivity index (χ3n) is 7.19. The van der Waals surface area contributed by atoms with E-state index in [0.29, 0.717) is 11.8 Å². The van der Waals surface area contributed by atoms with E-state index in [1.165, 1.54) is 12.1 Å². The van der Waals surface area contributed by atoms with Crippen LogP contribution >= 0.6 is 7.26 Å². The van der Waals surface area contributed by atoms with E-state index >= 15 is 0 Å². The summed E-state index contributed by atoms with van der Waals surface area (Å²) in [5.41, 5.74) is 5.07. The molecule has 0 atom stereocenters. The molecular formula is C26H35FN2O2PY+. The summed E-state index contributed by atoms with van der Waals surface area (Å²) in [4.78, 5) is 26.8. The molecule has 7 heteroatoms. The van der Waals surface area contributed by atoms with Crippen LogP contribution in [0.1, 0.15) is 48.9 Å². The van der Waals surface area contributed by atoms with Gasteiger partial charge in [0.15, 0.2) is 5.16 Å². The minimum atomic E-state index is -1.90. The second-order valence-electron chi connectivity index (χ2n) is 9.15. The fraction of sp³-hybridized carbons (Fsp3) is 0.462. The maximum Gasteiger partial charge on any atom is 0.268 e. The van der Waals surface area contributed by atoms with E-state index in [0.717, 1.165) is 53.1 Å². The van der Waals surface area contributed by atoms with Gasteiger partial charge in [-0.05, 0) is 75.9 Å². The number of anilines is 2. The summed E-state index contributed by atoms with van der Waals surface area (Å²) in [6.07, 6.45) is 3.72. The number of rotatable bonds is 8. The van der Waals surface area contributed by atoms with Gasteiger partial charge in [-0.3, -0.25) is 9.59 Å². The summed E-state index contributed by atoms with van der Waals surface area (Å²) >= 11 is 0. The summed E-state index contributed by atoms with van der Waals surface area (Å²) in [5.74, 6) is -0.314. The van der Waals surface area contributed by atoms with E-state index < -0.39 is 12.4 Å². The van der Waals surface area contributed by atoms with E-state index in [1.54, 1.807) is 0 Å². The zero-order chi connectivity index (χ0) is 23.7. The largest absolute Gasteiger partial charge is 0.322 e. The molecule has 0 aromatic heterocycles. The Hall–Kier alpha value is -1.16. The average molecular weight is 546 g/mol. The molecule has 1 saturated carbocycles. The molecule has 0 unspecified atom stereocenters. The molecule has 1 fully saturated rings. The van der Waals surface area contributed by atoms with Crippen molar-refractivity contribution in [3.05, 3.63) is 58.4 Å². The van der Waals surface area contributed by atoms with Crippen LogP contribution in [-0.4, -0.2) is 35.5 Å². The smallest absolute Gasteiger partial charge is 0.268 e. The van der Waals surface area contributed by atoms with Gasteiger partial charge in [0.25, 0.3) is 11.8 Å². The first-order valence-corrected chi connectivity index (χ1v) is 13.7. The van der Waals surface area contributed by atoms with Crippen LogP contribution in [0.4, 0.5) is 15.8 Å². The van der Waals surface area contributed by atoms with Gasteiger partial charge in [0.2, 0.25) is 0 Å². The Morgan fingerprint density at radius 1 is 0.909 bits per heavy atom. The molecule has 2 N–H and O–H groups in total. The minimum absolute atomic E-state index is 0. The van der Waals surface area contributed by atoms with E-state index in [2.05, 4.69) is 24.5 Å². The third kappa shape index (κ3) is 5.58. The fourth-order valence-corrected chi connectivity index (χ4v) is 9.63. The monoisotopic (exact) mass is 546 g/mol. The Labute approximate surface area is 223 Å². The zero-order valence-corrected chi connectivity index (χ0v) is 24.4. The van der Waals surface area contributed by atoms with Crippen molar-refractivity contribution in [2.45, 2.75) is 59.5 Å². The van der Waals surface area contributed by atoms with Gasteiger partial charge in [0.05, 0.1) is 12.3 Å². The maximum absolute atomic E-state index is 13.7. The first-order chi connectivity index (χ1) is 15.1. The Kier molecular flexibility index (Phi) is 9.41. The fourth-order valence-electron chi connectivity index (χ4n) is 5.04. The number of carbonyl (C=O) groups is 2. The summed E-state index contributed by atoms with van der Waals surface area (Å²) < 4.78 is 13.7. The molecule has 0 saturated heterocycles. The molecule has 0 heterocycles. The predicted molar refractivity (Wildman–Crippen MR) is 134 cm³/mol. The van der Waals surface area contributed by atoms with Crippen molar-refractivity contribution in [2.24, 2.45) is 0 Å². The summed E-state index contributed by atoms with van der Waals surface area (Å²) in [6.45, 7) is 11.8. The molecular weight excluding hydrogens is 511 g/mol. The number of hydrogen-bond acceptors (Lipinski definition) is 2. The Balaban J connectivity index is 0.00000385. The number of nitrogens with one attached hydrogen (secondary N) is 2. The SMILES string of the molecule is CC[P+](CC)(CC(=O)Nc1c(C)cccc1C)C1(C(=O)Nc2c(C)cc(F)cc2C)CC1.[Y]. The first kappa shape index (κ1) is 28.1. The Morgan fingerprint density at radius 2 is 1.39 bits per heavy atom. The topological polar surface area (TPSA) is 58.2 Å². The average Bonchev–Trinajstić information content (AvgIpc) is 3.54. The van der Waals surface area contributed by atoms with Crippen molar-refractivity contribution >= 4 is 30.5 Å². The van der Waals surface area contributed by atoms with Crippen LogP contribution in [0.3, 0.4) is 0 Å². The summed E-state index contributed by atoms with van der Waals surface area (Å²) in [6, 6.07) is 8.87.